The van der Waals surface area contributed by atoms with Crippen molar-refractivity contribution in [3.63, 3.8) is 0 Å². The zero-order chi connectivity index (χ0) is 11.8. The summed E-state index contributed by atoms with van der Waals surface area (Å²) in [5.41, 5.74) is 0. The number of carbonyl (C=O) groups is 1. The summed E-state index contributed by atoms with van der Waals surface area (Å²) in [7, 11) is -3.83. The lowest BCUT2D eigenvalue weighted by molar-refractivity contribution is -0.0284. The van der Waals surface area contributed by atoms with Crippen molar-refractivity contribution < 1.29 is 23.2 Å². The number of carboxylic acids is 1. The summed E-state index contributed by atoms with van der Waals surface area (Å²) in [6.07, 6.45) is 0.617. The van der Waals surface area contributed by atoms with Crippen LogP contribution < -0.4 is 0 Å². The monoisotopic (exact) mass is 263 g/mol. The van der Waals surface area contributed by atoms with E-state index in [0.29, 0.717) is 13.0 Å². The molecule has 8 heteroatoms. The van der Waals surface area contributed by atoms with E-state index in [2.05, 4.69) is 0 Å². The van der Waals surface area contributed by atoms with Crippen molar-refractivity contribution in [2.75, 3.05) is 13.2 Å². The normalized spacial score (nSPS) is 17.8. The van der Waals surface area contributed by atoms with Crippen molar-refractivity contribution in [3.8, 4) is 0 Å². The van der Waals surface area contributed by atoms with Crippen LogP contribution in [0.15, 0.2) is 16.3 Å². The number of carboxylic acid groups (broad SMARTS) is 1. The van der Waals surface area contributed by atoms with E-state index in [-0.39, 0.29) is 16.3 Å². The minimum Gasteiger partial charge on any atom is -0.477 e. The highest BCUT2D eigenvalue weighted by Crippen LogP contribution is 2.26. The van der Waals surface area contributed by atoms with E-state index >= 15 is 0 Å². The molecule has 0 spiro atoms. The lowest BCUT2D eigenvalue weighted by Crippen LogP contribution is -2.27. The predicted molar refractivity (Wildman–Crippen MR) is 55.7 cm³/mol. The van der Waals surface area contributed by atoms with Crippen LogP contribution in [0.5, 0.6) is 0 Å². The van der Waals surface area contributed by atoms with E-state index in [9.17, 15) is 13.2 Å². The van der Waals surface area contributed by atoms with Crippen LogP contribution in [-0.4, -0.2) is 37.1 Å². The number of aromatic carboxylic acids is 1. The summed E-state index contributed by atoms with van der Waals surface area (Å²) >= 11 is 0.882. The van der Waals surface area contributed by atoms with Crippen molar-refractivity contribution >= 4 is 27.3 Å². The summed E-state index contributed by atoms with van der Waals surface area (Å²) < 4.78 is 24.8. The van der Waals surface area contributed by atoms with Gasteiger partial charge in [0.1, 0.15) is 9.77 Å². The second-order valence-electron chi connectivity index (χ2n) is 3.14. The molecule has 1 N–H and O–H groups in total. The summed E-state index contributed by atoms with van der Waals surface area (Å²) in [6.45, 7) is 0.600. The fourth-order valence-corrected chi connectivity index (χ4v) is 3.92. The maximum absolute atomic E-state index is 12.0. The van der Waals surface area contributed by atoms with Crippen molar-refractivity contribution in [2.45, 2.75) is 11.3 Å². The number of hydrogen-bond donors (Lipinski definition) is 1. The fraction of sp³-hybridized carbons (Fsp3) is 0.375. The molecule has 2 rings (SSSR count). The van der Waals surface area contributed by atoms with Crippen LogP contribution in [0.3, 0.4) is 0 Å². The SMILES string of the molecule is O=C(O)c1sccc1S(=O)(=O)N1CCCO1. The quantitative estimate of drug-likeness (QED) is 0.870. The molecule has 1 aliphatic rings. The number of hydroxylamine groups is 1. The van der Waals surface area contributed by atoms with Crippen LogP contribution in [0.4, 0.5) is 0 Å². The van der Waals surface area contributed by atoms with Crippen molar-refractivity contribution in [3.05, 3.63) is 16.3 Å². The Bertz CT molecular complexity index is 500. The third-order valence-electron chi connectivity index (χ3n) is 2.09. The molecule has 0 aromatic carbocycles. The van der Waals surface area contributed by atoms with Gasteiger partial charge in [0.2, 0.25) is 0 Å². The predicted octanol–water partition coefficient (Wildman–Crippen LogP) is 0.772. The highest BCUT2D eigenvalue weighted by molar-refractivity contribution is 7.89. The molecule has 0 saturated carbocycles. The average Bonchev–Trinajstić information content (AvgIpc) is 2.89. The van der Waals surface area contributed by atoms with Gasteiger partial charge in [0, 0.05) is 6.54 Å². The molecule has 1 fully saturated rings. The molecule has 0 unspecified atom stereocenters. The smallest absolute Gasteiger partial charge is 0.347 e. The van der Waals surface area contributed by atoms with Gasteiger partial charge in [-0.1, -0.05) is 4.47 Å². The number of hydrogen-bond acceptors (Lipinski definition) is 5. The number of thiophene rings is 1. The summed E-state index contributed by atoms with van der Waals surface area (Å²) in [5, 5.41) is 10.3. The van der Waals surface area contributed by atoms with Gasteiger partial charge in [0.25, 0.3) is 10.0 Å². The molecule has 88 valence electrons. The van der Waals surface area contributed by atoms with Crippen molar-refractivity contribution in [1.82, 2.24) is 4.47 Å². The molecule has 0 radical (unpaired) electrons. The first-order valence-corrected chi connectivity index (χ1v) is 6.82. The Balaban J connectivity index is 2.42. The third-order valence-corrected chi connectivity index (χ3v) is 4.84. The van der Waals surface area contributed by atoms with E-state index in [1.165, 1.54) is 11.4 Å². The van der Waals surface area contributed by atoms with Gasteiger partial charge < -0.3 is 5.11 Å². The van der Waals surface area contributed by atoms with Crippen molar-refractivity contribution in [2.24, 2.45) is 0 Å². The van der Waals surface area contributed by atoms with Crippen LogP contribution in [-0.2, 0) is 14.9 Å². The Morgan fingerprint density at radius 2 is 2.31 bits per heavy atom. The second-order valence-corrected chi connectivity index (χ2v) is 5.85. The standard InChI is InChI=1S/C8H9NO5S2/c10-8(11)7-6(2-5-15-7)16(12,13)9-3-1-4-14-9/h2,5H,1,3-4H2,(H,10,11). The minimum absolute atomic E-state index is 0.185. The maximum Gasteiger partial charge on any atom is 0.347 e. The Morgan fingerprint density at radius 3 is 2.88 bits per heavy atom. The summed E-state index contributed by atoms with van der Waals surface area (Å²) in [4.78, 5) is 15.4. The van der Waals surface area contributed by atoms with Gasteiger partial charge in [-0.05, 0) is 17.9 Å². The van der Waals surface area contributed by atoms with E-state index in [1.54, 1.807) is 0 Å². The molecular formula is C8H9NO5S2. The molecule has 0 atom stereocenters. The third kappa shape index (κ3) is 1.84. The molecule has 0 aliphatic carbocycles. The van der Waals surface area contributed by atoms with Crippen molar-refractivity contribution in [1.29, 1.82) is 0 Å². The number of rotatable bonds is 3. The summed E-state index contributed by atoms with van der Waals surface area (Å²) in [6, 6.07) is 1.28. The molecule has 2 heterocycles. The minimum atomic E-state index is -3.83. The van der Waals surface area contributed by atoms with Gasteiger partial charge in [-0.2, -0.15) is 0 Å². The molecule has 1 aliphatic heterocycles. The van der Waals surface area contributed by atoms with E-state index in [1.807, 2.05) is 0 Å². The molecule has 0 amide bonds. The van der Waals surface area contributed by atoms with Crippen LogP contribution in [0.1, 0.15) is 16.1 Å². The molecule has 1 saturated heterocycles. The van der Waals surface area contributed by atoms with Crippen LogP contribution in [0, 0.1) is 0 Å². The first kappa shape index (κ1) is 11.5. The van der Waals surface area contributed by atoms with E-state index < -0.39 is 16.0 Å². The average molecular weight is 263 g/mol. The van der Waals surface area contributed by atoms with Crippen LogP contribution in [0.25, 0.3) is 0 Å². The van der Waals surface area contributed by atoms with Gasteiger partial charge in [-0.3, -0.25) is 4.84 Å². The highest BCUT2D eigenvalue weighted by atomic mass is 32.2. The second kappa shape index (κ2) is 4.13. The fourth-order valence-electron chi connectivity index (χ4n) is 1.38. The largest absolute Gasteiger partial charge is 0.477 e. The van der Waals surface area contributed by atoms with Crippen LogP contribution in [0.2, 0.25) is 0 Å². The maximum atomic E-state index is 12.0. The van der Waals surface area contributed by atoms with Gasteiger partial charge >= 0.3 is 5.97 Å². The first-order valence-electron chi connectivity index (χ1n) is 4.50. The van der Waals surface area contributed by atoms with Gasteiger partial charge in [0.15, 0.2) is 0 Å². The molecule has 1 aromatic rings. The first-order chi connectivity index (χ1) is 7.53. The zero-order valence-electron chi connectivity index (χ0n) is 8.12. The molecule has 0 bridgehead atoms. The Hall–Kier alpha value is -0.960. The molecule has 16 heavy (non-hydrogen) atoms. The topological polar surface area (TPSA) is 83.9 Å². The lowest BCUT2D eigenvalue weighted by atomic mass is 10.5. The molecular weight excluding hydrogens is 254 g/mol. The lowest BCUT2D eigenvalue weighted by Gasteiger charge is -2.13. The highest BCUT2D eigenvalue weighted by Gasteiger charge is 2.33. The number of nitrogens with zero attached hydrogens (tertiary/aromatic N) is 1. The van der Waals surface area contributed by atoms with Crippen LogP contribution >= 0.6 is 11.3 Å². The Morgan fingerprint density at radius 1 is 1.56 bits per heavy atom. The molecule has 1 aromatic heterocycles. The van der Waals surface area contributed by atoms with E-state index in [0.717, 1.165) is 15.8 Å². The Labute approximate surface area is 96.1 Å². The van der Waals surface area contributed by atoms with Gasteiger partial charge in [0.05, 0.1) is 6.61 Å². The zero-order valence-corrected chi connectivity index (χ0v) is 9.75. The Kier molecular flexibility index (Phi) is 2.98. The van der Waals surface area contributed by atoms with E-state index in [4.69, 9.17) is 9.94 Å². The molecule has 6 nitrogen and oxygen atoms in total. The van der Waals surface area contributed by atoms with Gasteiger partial charge in [-0.25, -0.2) is 13.2 Å². The number of sulfonamides is 1. The van der Waals surface area contributed by atoms with Gasteiger partial charge in [-0.15, -0.1) is 11.3 Å². The summed E-state index contributed by atoms with van der Waals surface area (Å²) in [5.74, 6) is -1.24.